The maximum Gasteiger partial charge on any atom is 0.151 e. The maximum absolute atomic E-state index is 8.85. The molecule has 0 saturated carbocycles. The maximum atomic E-state index is 8.85. The number of hydrogen-bond donors (Lipinski definition) is 1. The van der Waals surface area contributed by atoms with Gasteiger partial charge in [0, 0.05) is 6.07 Å². The highest BCUT2D eigenvalue weighted by Gasteiger charge is 2.04. The number of nitrogens with zero attached hydrogens (tertiary/aromatic N) is 1. The highest BCUT2D eigenvalue weighted by molar-refractivity contribution is 5.57. The van der Waals surface area contributed by atoms with Crippen LogP contribution in [0.25, 0.3) is 0 Å². The van der Waals surface area contributed by atoms with Gasteiger partial charge in [-0.2, -0.15) is 5.26 Å². The summed E-state index contributed by atoms with van der Waals surface area (Å²) in [4.78, 5) is 0. The minimum atomic E-state index is 0.511. The number of nitriles is 1. The summed E-state index contributed by atoms with van der Waals surface area (Å²) < 4.78 is 5.71. The van der Waals surface area contributed by atoms with Crippen LogP contribution in [0.3, 0.4) is 0 Å². The van der Waals surface area contributed by atoms with E-state index in [1.807, 2.05) is 32.0 Å². The molecule has 2 N–H and O–H groups in total. The molecule has 0 fully saturated rings. The fourth-order valence-electron chi connectivity index (χ4n) is 1.60. The SMILES string of the molecule is Cc1ccc(Oc2cc(C#N)ccc2N)cc1C. The summed E-state index contributed by atoms with van der Waals surface area (Å²) in [5.41, 5.74) is 9.24. The highest BCUT2D eigenvalue weighted by atomic mass is 16.5. The van der Waals surface area contributed by atoms with Crippen molar-refractivity contribution in [2.45, 2.75) is 13.8 Å². The van der Waals surface area contributed by atoms with Crippen molar-refractivity contribution in [1.82, 2.24) is 0 Å². The Kier molecular flexibility index (Phi) is 3.20. The van der Waals surface area contributed by atoms with Gasteiger partial charge in [0.25, 0.3) is 0 Å². The standard InChI is InChI=1S/C15H14N2O/c1-10-3-5-13(7-11(10)2)18-15-8-12(9-16)4-6-14(15)17/h3-8H,17H2,1-2H3. The predicted octanol–water partition coefficient (Wildman–Crippen LogP) is 3.55. The van der Waals surface area contributed by atoms with Crippen LogP contribution < -0.4 is 10.5 Å². The molecule has 2 aromatic rings. The Hall–Kier alpha value is -2.47. The summed E-state index contributed by atoms with van der Waals surface area (Å²) in [6.07, 6.45) is 0. The average Bonchev–Trinajstić information content (AvgIpc) is 2.36. The second-order valence-corrected chi connectivity index (χ2v) is 4.21. The van der Waals surface area contributed by atoms with Crippen LogP contribution in [0, 0.1) is 25.2 Å². The van der Waals surface area contributed by atoms with Gasteiger partial charge in [-0.05, 0) is 49.2 Å². The summed E-state index contributed by atoms with van der Waals surface area (Å²) >= 11 is 0. The molecule has 0 bridgehead atoms. The van der Waals surface area contributed by atoms with Crippen molar-refractivity contribution >= 4 is 5.69 Å². The lowest BCUT2D eigenvalue weighted by Crippen LogP contribution is -1.93. The summed E-state index contributed by atoms with van der Waals surface area (Å²) in [5, 5.41) is 8.85. The molecule has 0 aliphatic heterocycles. The van der Waals surface area contributed by atoms with Crippen LogP contribution >= 0.6 is 0 Å². The zero-order valence-electron chi connectivity index (χ0n) is 10.4. The van der Waals surface area contributed by atoms with Crippen molar-refractivity contribution in [3.05, 3.63) is 53.1 Å². The molecule has 0 aliphatic carbocycles. The number of rotatable bonds is 2. The first kappa shape index (κ1) is 12.0. The topological polar surface area (TPSA) is 59.0 Å². The van der Waals surface area contributed by atoms with Crippen LogP contribution in [0.4, 0.5) is 5.69 Å². The lowest BCUT2D eigenvalue weighted by Gasteiger charge is -2.10. The average molecular weight is 238 g/mol. The van der Waals surface area contributed by atoms with E-state index >= 15 is 0 Å². The Morgan fingerprint density at radius 3 is 2.50 bits per heavy atom. The second-order valence-electron chi connectivity index (χ2n) is 4.21. The van der Waals surface area contributed by atoms with Gasteiger partial charge >= 0.3 is 0 Å². The Balaban J connectivity index is 2.33. The summed E-state index contributed by atoms with van der Waals surface area (Å²) in [7, 11) is 0. The molecule has 0 heterocycles. The molecule has 0 amide bonds. The third-order valence-electron chi connectivity index (χ3n) is 2.85. The molecule has 18 heavy (non-hydrogen) atoms. The van der Waals surface area contributed by atoms with E-state index in [1.165, 1.54) is 5.56 Å². The number of hydrogen-bond acceptors (Lipinski definition) is 3. The number of benzene rings is 2. The fourth-order valence-corrected chi connectivity index (χ4v) is 1.60. The molecule has 0 aliphatic rings. The summed E-state index contributed by atoms with van der Waals surface area (Å²) in [6, 6.07) is 12.9. The molecule has 0 saturated heterocycles. The molecule has 3 nitrogen and oxygen atoms in total. The largest absolute Gasteiger partial charge is 0.455 e. The highest BCUT2D eigenvalue weighted by Crippen LogP contribution is 2.29. The van der Waals surface area contributed by atoms with Crippen LogP contribution in [0.5, 0.6) is 11.5 Å². The normalized spacial score (nSPS) is 9.83. The van der Waals surface area contributed by atoms with E-state index in [4.69, 9.17) is 15.7 Å². The van der Waals surface area contributed by atoms with E-state index < -0.39 is 0 Å². The van der Waals surface area contributed by atoms with Gasteiger partial charge in [0.1, 0.15) is 5.75 Å². The molecule has 3 heteroatoms. The van der Waals surface area contributed by atoms with Crippen molar-refractivity contribution in [2.24, 2.45) is 0 Å². The van der Waals surface area contributed by atoms with Crippen LogP contribution in [0.2, 0.25) is 0 Å². The molecule has 0 aromatic heterocycles. The number of anilines is 1. The Morgan fingerprint density at radius 2 is 1.83 bits per heavy atom. The van der Waals surface area contributed by atoms with Gasteiger partial charge in [-0.3, -0.25) is 0 Å². The van der Waals surface area contributed by atoms with Gasteiger partial charge in [-0.15, -0.1) is 0 Å². The van der Waals surface area contributed by atoms with Gasteiger partial charge in [0.05, 0.1) is 17.3 Å². The third-order valence-corrected chi connectivity index (χ3v) is 2.85. The quantitative estimate of drug-likeness (QED) is 0.814. The minimum absolute atomic E-state index is 0.511. The van der Waals surface area contributed by atoms with Crippen molar-refractivity contribution < 1.29 is 4.74 Å². The van der Waals surface area contributed by atoms with Gasteiger partial charge in [-0.25, -0.2) is 0 Å². The molecule has 0 unspecified atom stereocenters. The predicted molar refractivity (Wildman–Crippen MR) is 71.6 cm³/mol. The van der Waals surface area contributed by atoms with Crippen LogP contribution in [0.1, 0.15) is 16.7 Å². The summed E-state index contributed by atoms with van der Waals surface area (Å²) in [6.45, 7) is 4.07. The Labute approximate surface area is 106 Å². The first-order valence-corrected chi connectivity index (χ1v) is 5.65. The minimum Gasteiger partial charge on any atom is -0.455 e. The van der Waals surface area contributed by atoms with E-state index in [2.05, 4.69) is 6.07 Å². The van der Waals surface area contributed by atoms with Crippen molar-refractivity contribution in [2.75, 3.05) is 5.73 Å². The molecular formula is C15H14N2O. The van der Waals surface area contributed by atoms with E-state index in [0.29, 0.717) is 17.0 Å². The second kappa shape index (κ2) is 4.80. The molecule has 2 aromatic carbocycles. The molecular weight excluding hydrogens is 224 g/mol. The Morgan fingerprint density at radius 1 is 1.06 bits per heavy atom. The van der Waals surface area contributed by atoms with Crippen molar-refractivity contribution in [3.8, 4) is 17.6 Å². The molecule has 0 atom stereocenters. The van der Waals surface area contributed by atoms with Gasteiger partial charge in [0.2, 0.25) is 0 Å². The van der Waals surface area contributed by atoms with Gasteiger partial charge in [0.15, 0.2) is 5.75 Å². The van der Waals surface area contributed by atoms with Crippen LogP contribution in [-0.4, -0.2) is 0 Å². The smallest absolute Gasteiger partial charge is 0.151 e. The van der Waals surface area contributed by atoms with Crippen LogP contribution in [-0.2, 0) is 0 Å². The van der Waals surface area contributed by atoms with Gasteiger partial charge in [-0.1, -0.05) is 6.07 Å². The van der Waals surface area contributed by atoms with E-state index in [9.17, 15) is 0 Å². The van der Waals surface area contributed by atoms with Crippen molar-refractivity contribution in [3.63, 3.8) is 0 Å². The molecule has 0 radical (unpaired) electrons. The zero-order valence-corrected chi connectivity index (χ0v) is 10.4. The lowest BCUT2D eigenvalue weighted by molar-refractivity contribution is 0.484. The van der Waals surface area contributed by atoms with E-state index in [-0.39, 0.29) is 0 Å². The lowest BCUT2D eigenvalue weighted by atomic mass is 10.1. The van der Waals surface area contributed by atoms with Crippen LogP contribution in [0.15, 0.2) is 36.4 Å². The first-order valence-electron chi connectivity index (χ1n) is 5.65. The monoisotopic (exact) mass is 238 g/mol. The van der Waals surface area contributed by atoms with E-state index in [1.54, 1.807) is 18.2 Å². The fraction of sp³-hybridized carbons (Fsp3) is 0.133. The third kappa shape index (κ3) is 2.44. The van der Waals surface area contributed by atoms with Crippen molar-refractivity contribution in [1.29, 1.82) is 5.26 Å². The summed E-state index contributed by atoms with van der Waals surface area (Å²) in [5.74, 6) is 1.23. The van der Waals surface area contributed by atoms with Gasteiger partial charge < -0.3 is 10.5 Å². The first-order chi connectivity index (χ1) is 8.60. The molecule has 2 rings (SSSR count). The number of nitrogens with two attached hydrogens (primary N) is 1. The number of ether oxygens (including phenoxy) is 1. The molecule has 90 valence electrons. The van der Waals surface area contributed by atoms with E-state index in [0.717, 1.165) is 11.3 Å². The Bertz CT molecular complexity index is 627. The number of aryl methyl sites for hydroxylation is 2. The zero-order chi connectivity index (χ0) is 13.1. The number of nitrogen functional groups attached to an aromatic ring is 1. The molecule has 0 spiro atoms.